The molecule has 0 atom stereocenters. The summed E-state index contributed by atoms with van der Waals surface area (Å²) in [6.45, 7) is 0. The van der Waals surface area contributed by atoms with E-state index in [0.29, 0.717) is 39.3 Å². The zero-order valence-electron chi connectivity index (χ0n) is 15.2. The largest absolute Gasteiger partial charge is 0.454 e. The van der Waals surface area contributed by atoms with Gasteiger partial charge in [0.25, 0.3) is 5.56 Å². The molecule has 4 N–H and O–H groups in total. The van der Waals surface area contributed by atoms with Gasteiger partial charge in [-0.25, -0.2) is 4.98 Å². The van der Waals surface area contributed by atoms with Gasteiger partial charge < -0.3 is 20.4 Å². The Labute approximate surface area is 179 Å². The van der Waals surface area contributed by atoms with E-state index in [-0.39, 0.29) is 21.3 Å². The topological polar surface area (TPSA) is 110 Å². The fourth-order valence-corrected chi connectivity index (χ4v) is 3.70. The second-order valence-electron chi connectivity index (χ2n) is 6.59. The molecule has 7 nitrogen and oxygen atoms in total. The van der Waals surface area contributed by atoms with E-state index < -0.39 is 0 Å². The van der Waals surface area contributed by atoms with Gasteiger partial charge in [-0.1, -0.05) is 35.3 Å². The molecule has 0 amide bonds. The van der Waals surface area contributed by atoms with Gasteiger partial charge in [0.15, 0.2) is 11.4 Å². The van der Waals surface area contributed by atoms with Crippen molar-refractivity contribution in [3.05, 3.63) is 75.3 Å². The lowest BCUT2D eigenvalue weighted by molar-refractivity contribution is 0.483. The molecule has 30 heavy (non-hydrogen) atoms. The number of fused-ring (bicyclic) bond motifs is 2. The van der Waals surface area contributed by atoms with E-state index in [0.717, 1.165) is 5.52 Å². The van der Waals surface area contributed by atoms with Crippen LogP contribution < -0.4 is 16.0 Å². The first kappa shape index (κ1) is 18.5. The molecule has 0 fully saturated rings. The summed E-state index contributed by atoms with van der Waals surface area (Å²) in [6, 6.07) is 12.6. The van der Waals surface area contributed by atoms with Crippen molar-refractivity contribution in [2.45, 2.75) is 0 Å². The van der Waals surface area contributed by atoms with Crippen molar-refractivity contribution in [1.82, 2.24) is 19.9 Å². The molecular formula is C21H13Cl2N5O2. The number of para-hydroxylation sites is 2. The average molecular weight is 438 g/mol. The van der Waals surface area contributed by atoms with Crippen LogP contribution in [0.5, 0.6) is 11.5 Å². The third-order valence-corrected chi connectivity index (χ3v) is 5.21. The van der Waals surface area contributed by atoms with Crippen molar-refractivity contribution in [1.29, 1.82) is 0 Å². The highest BCUT2D eigenvalue weighted by atomic mass is 35.5. The summed E-state index contributed by atoms with van der Waals surface area (Å²) in [7, 11) is 0. The number of pyridine rings is 1. The Balaban J connectivity index is 1.62. The average Bonchev–Trinajstić information content (AvgIpc) is 3.06. The summed E-state index contributed by atoms with van der Waals surface area (Å²) in [5.74, 6) is 0.782. The van der Waals surface area contributed by atoms with Crippen LogP contribution in [0, 0.1) is 0 Å². The summed E-state index contributed by atoms with van der Waals surface area (Å²) in [5, 5.41) is 1.26. The third kappa shape index (κ3) is 3.04. The minimum Gasteiger partial charge on any atom is -0.454 e. The van der Waals surface area contributed by atoms with Crippen molar-refractivity contribution in [3.63, 3.8) is 0 Å². The number of rotatable bonds is 3. The van der Waals surface area contributed by atoms with Gasteiger partial charge in [-0.3, -0.25) is 9.78 Å². The molecule has 0 saturated heterocycles. The molecule has 0 aliphatic carbocycles. The van der Waals surface area contributed by atoms with Gasteiger partial charge in [0, 0.05) is 23.3 Å². The standard InChI is InChI=1S/C21H13Cl2N5O2/c22-12-8-25-9-13(23)20(12)30-10-5-6-14-11(7-10)17(24)18(26-14)19-21(29)28-16-4-2-1-3-15(16)27-19/h1-9,26H,24H2,(H,28,29). The lowest BCUT2D eigenvalue weighted by Gasteiger charge is -2.09. The molecule has 0 saturated carbocycles. The molecule has 0 unspecified atom stereocenters. The Hall–Kier alpha value is -3.55. The maximum Gasteiger partial charge on any atom is 0.276 e. The molecule has 0 radical (unpaired) electrons. The van der Waals surface area contributed by atoms with Crippen LogP contribution in [0.25, 0.3) is 33.3 Å². The predicted molar refractivity (Wildman–Crippen MR) is 118 cm³/mol. The van der Waals surface area contributed by atoms with Gasteiger partial charge in [-0.05, 0) is 30.3 Å². The number of H-pyrrole nitrogens is 2. The van der Waals surface area contributed by atoms with E-state index in [1.807, 2.05) is 18.2 Å². The van der Waals surface area contributed by atoms with E-state index >= 15 is 0 Å². The predicted octanol–water partition coefficient (Wildman–Crippen LogP) is 5.15. The van der Waals surface area contributed by atoms with E-state index in [1.54, 1.807) is 24.3 Å². The number of ether oxygens (including phenoxy) is 1. The van der Waals surface area contributed by atoms with E-state index in [9.17, 15) is 4.79 Å². The van der Waals surface area contributed by atoms with E-state index in [1.165, 1.54) is 12.4 Å². The Kier molecular flexibility index (Phi) is 4.34. The van der Waals surface area contributed by atoms with Crippen LogP contribution in [-0.2, 0) is 0 Å². The summed E-state index contributed by atoms with van der Waals surface area (Å²) in [4.78, 5) is 27.0. The first-order valence-corrected chi connectivity index (χ1v) is 9.64. The Morgan fingerprint density at radius 3 is 2.53 bits per heavy atom. The minimum atomic E-state index is -0.334. The highest BCUT2D eigenvalue weighted by molar-refractivity contribution is 6.36. The molecule has 2 aromatic carbocycles. The molecule has 148 valence electrons. The van der Waals surface area contributed by atoms with Gasteiger partial charge in [0.1, 0.15) is 15.8 Å². The van der Waals surface area contributed by atoms with Crippen LogP contribution in [0.2, 0.25) is 10.0 Å². The molecule has 5 rings (SSSR count). The lowest BCUT2D eigenvalue weighted by atomic mass is 10.2. The highest BCUT2D eigenvalue weighted by Crippen LogP contribution is 2.38. The molecule has 3 heterocycles. The monoisotopic (exact) mass is 437 g/mol. The zero-order valence-corrected chi connectivity index (χ0v) is 16.8. The smallest absolute Gasteiger partial charge is 0.276 e. The number of benzene rings is 2. The molecule has 0 bridgehead atoms. The molecule has 0 spiro atoms. The number of nitrogens with two attached hydrogens (primary N) is 1. The number of hydrogen-bond donors (Lipinski definition) is 3. The van der Waals surface area contributed by atoms with Gasteiger partial charge in [0.2, 0.25) is 0 Å². The number of aromatic nitrogens is 4. The number of hydrogen-bond acceptors (Lipinski definition) is 5. The number of halogens is 2. The molecule has 3 aromatic heterocycles. The van der Waals surface area contributed by atoms with Crippen LogP contribution >= 0.6 is 23.2 Å². The molecule has 9 heteroatoms. The van der Waals surface area contributed by atoms with Crippen LogP contribution in [0.15, 0.2) is 59.7 Å². The fraction of sp³-hybridized carbons (Fsp3) is 0. The summed E-state index contributed by atoms with van der Waals surface area (Å²) in [5.41, 5.74) is 9.12. The molecular weight excluding hydrogens is 425 g/mol. The lowest BCUT2D eigenvalue weighted by Crippen LogP contribution is -2.12. The Bertz CT molecular complexity index is 1470. The number of aromatic amines is 2. The quantitative estimate of drug-likeness (QED) is 0.361. The van der Waals surface area contributed by atoms with Crippen LogP contribution in [0.3, 0.4) is 0 Å². The molecule has 0 aliphatic rings. The fourth-order valence-electron chi connectivity index (χ4n) is 3.26. The molecule has 5 aromatic rings. The summed E-state index contributed by atoms with van der Waals surface area (Å²) in [6.07, 6.45) is 2.89. The van der Waals surface area contributed by atoms with Crippen molar-refractivity contribution < 1.29 is 4.74 Å². The first-order valence-electron chi connectivity index (χ1n) is 8.89. The van der Waals surface area contributed by atoms with Crippen LogP contribution in [-0.4, -0.2) is 19.9 Å². The highest BCUT2D eigenvalue weighted by Gasteiger charge is 2.17. The van der Waals surface area contributed by atoms with E-state index in [4.69, 9.17) is 33.7 Å². The number of anilines is 1. The zero-order chi connectivity index (χ0) is 20.8. The van der Waals surface area contributed by atoms with Gasteiger partial charge in [-0.15, -0.1) is 0 Å². The number of nitrogens with one attached hydrogen (secondary N) is 2. The van der Waals surface area contributed by atoms with Crippen LogP contribution in [0.4, 0.5) is 5.69 Å². The Morgan fingerprint density at radius 2 is 1.73 bits per heavy atom. The maximum absolute atomic E-state index is 12.6. The van der Waals surface area contributed by atoms with Crippen molar-refractivity contribution in [2.75, 3.05) is 5.73 Å². The third-order valence-electron chi connectivity index (χ3n) is 4.68. The van der Waals surface area contributed by atoms with Crippen molar-refractivity contribution >= 4 is 50.8 Å². The second-order valence-corrected chi connectivity index (χ2v) is 7.40. The summed E-state index contributed by atoms with van der Waals surface area (Å²) >= 11 is 12.3. The van der Waals surface area contributed by atoms with Crippen LogP contribution in [0.1, 0.15) is 0 Å². The first-order chi connectivity index (χ1) is 14.5. The Morgan fingerprint density at radius 1 is 0.967 bits per heavy atom. The van der Waals surface area contributed by atoms with Gasteiger partial charge in [0.05, 0.1) is 22.4 Å². The summed E-state index contributed by atoms with van der Waals surface area (Å²) < 4.78 is 5.84. The SMILES string of the molecule is Nc1c(-c2nc3ccccc3[nH]c2=O)[nH]c2ccc(Oc3c(Cl)cncc3Cl)cc12. The minimum absolute atomic E-state index is 0.213. The normalized spacial score (nSPS) is 11.3. The second kappa shape index (κ2) is 7.05. The van der Waals surface area contributed by atoms with Crippen molar-refractivity contribution in [3.8, 4) is 22.9 Å². The van der Waals surface area contributed by atoms with Crippen molar-refractivity contribution in [2.24, 2.45) is 0 Å². The molecule has 0 aliphatic heterocycles. The van der Waals surface area contributed by atoms with Gasteiger partial charge >= 0.3 is 0 Å². The maximum atomic E-state index is 12.6. The van der Waals surface area contributed by atoms with Gasteiger partial charge in [-0.2, -0.15) is 0 Å². The number of nitrogens with zero attached hydrogens (tertiary/aromatic N) is 2. The van der Waals surface area contributed by atoms with E-state index in [2.05, 4.69) is 19.9 Å². The number of nitrogen functional groups attached to an aromatic ring is 1.